The van der Waals surface area contributed by atoms with Crippen molar-refractivity contribution in [2.45, 2.75) is 25.8 Å². The Morgan fingerprint density at radius 2 is 2.57 bits per heavy atom. The molecule has 1 heterocycles. The number of nitrogens with one attached hydrogen (secondary N) is 1. The van der Waals surface area contributed by atoms with Gasteiger partial charge >= 0.3 is 0 Å². The van der Waals surface area contributed by atoms with Crippen molar-refractivity contribution in [2.24, 2.45) is 0 Å². The zero-order valence-electron chi connectivity index (χ0n) is 8.12. The van der Waals surface area contributed by atoms with Gasteiger partial charge in [0, 0.05) is 4.88 Å². The van der Waals surface area contributed by atoms with Crippen LogP contribution in [-0.4, -0.2) is 5.91 Å². The third-order valence-corrected chi connectivity index (χ3v) is 2.89. The Morgan fingerprint density at radius 3 is 3.07 bits per heavy atom. The van der Waals surface area contributed by atoms with Crippen molar-refractivity contribution in [1.82, 2.24) is 5.32 Å². The maximum Gasteiger partial charge on any atom is 0.296 e. The van der Waals surface area contributed by atoms with Crippen molar-refractivity contribution in [3.8, 4) is 12.3 Å². The van der Waals surface area contributed by atoms with Crippen molar-refractivity contribution in [3.63, 3.8) is 0 Å². The Morgan fingerprint density at radius 1 is 1.79 bits per heavy atom. The van der Waals surface area contributed by atoms with E-state index in [1.54, 1.807) is 11.3 Å². The summed E-state index contributed by atoms with van der Waals surface area (Å²) in [6, 6.07) is 4.07. The second kappa shape index (κ2) is 5.46. The molecule has 2 nitrogen and oxygen atoms in total. The molecule has 0 bridgehead atoms. The van der Waals surface area contributed by atoms with Gasteiger partial charge in [0.15, 0.2) is 0 Å². The van der Waals surface area contributed by atoms with Crippen LogP contribution in [0.1, 0.15) is 30.7 Å². The zero-order valence-corrected chi connectivity index (χ0v) is 8.93. The lowest BCUT2D eigenvalue weighted by Crippen LogP contribution is -2.26. The molecule has 0 spiro atoms. The van der Waals surface area contributed by atoms with E-state index in [-0.39, 0.29) is 11.9 Å². The molecule has 1 N–H and O–H groups in total. The molecule has 0 aromatic carbocycles. The first-order chi connectivity index (χ1) is 6.77. The predicted molar refractivity (Wildman–Crippen MR) is 58.9 cm³/mol. The van der Waals surface area contributed by atoms with Gasteiger partial charge in [-0.25, -0.2) is 0 Å². The number of carbonyl (C=O) groups excluding carboxylic acids is 1. The fourth-order valence-corrected chi connectivity index (χ4v) is 2.08. The number of thiophene rings is 1. The van der Waals surface area contributed by atoms with Crippen LogP contribution in [0.15, 0.2) is 17.5 Å². The largest absolute Gasteiger partial charge is 0.338 e. The van der Waals surface area contributed by atoms with Crippen LogP contribution in [0.25, 0.3) is 0 Å². The van der Waals surface area contributed by atoms with Crippen LogP contribution in [0, 0.1) is 12.3 Å². The Bertz CT molecular complexity index is 324. The van der Waals surface area contributed by atoms with Gasteiger partial charge in [0.25, 0.3) is 5.91 Å². The average Bonchev–Trinajstić information content (AvgIpc) is 2.69. The molecule has 0 saturated carbocycles. The van der Waals surface area contributed by atoms with Crippen LogP contribution < -0.4 is 5.32 Å². The summed E-state index contributed by atoms with van der Waals surface area (Å²) in [5.74, 6) is 1.73. The summed E-state index contributed by atoms with van der Waals surface area (Å²) in [5.41, 5.74) is 0. The predicted octanol–water partition coefficient (Wildman–Crippen LogP) is 2.34. The fraction of sp³-hybridized carbons (Fsp3) is 0.364. The van der Waals surface area contributed by atoms with Gasteiger partial charge in [-0.2, -0.15) is 0 Å². The van der Waals surface area contributed by atoms with E-state index in [1.165, 1.54) is 0 Å². The van der Waals surface area contributed by atoms with Gasteiger partial charge in [-0.05, 0) is 23.8 Å². The first kappa shape index (κ1) is 10.8. The van der Waals surface area contributed by atoms with Gasteiger partial charge < -0.3 is 5.32 Å². The SMILES string of the molecule is C#CC(=O)NC(CCC)c1cccs1. The van der Waals surface area contributed by atoms with Crippen molar-refractivity contribution < 1.29 is 4.79 Å². The summed E-state index contributed by atoms with van der Waals surface area (Å²) in [6.07, 6.45) is 6.96. The minimum atomic E-state index is -0.336. The van der Waals surface area contributed by atoms with E-state index in [0.717, 1.165) is 17.7 Å². The highest BCUT2D eigenvalue weighted by molar-refractivity contribution is 7.10. The van der Waals surface area contributed by atoms with Gasteiger partial charge in [-0.15, -0.1) is 17.8 Å². The topological polar surface area (TPSA) is 29.1 Å². The second-order valence-corrected chi connectivity index (χ2v) is 3.95. The third kappa shape index (κ3) is 2.90. The normalized spacial score (nSPS) is 11.7. The molecule has 0 aliphatic rings. The summed E-state index contributed by atoms with van der Waals surface area (Å²) < 4.78 is 0. The quantitative estimate of drug-likeness (QED) is 0.754. The smallest absolute Gasteiger partial charge is 0.296 e. The minimum Gasteiger partial charge on any atom is -0.338 e. The number of hydrogen-bond acceptors (Lipinski definition) is 2. The summed E-state index contributed by atoms with van der Waals surface area (Å²) in [5, 5.41) is 4.81. The summed E-state index contributed by atoms with van der Waals surface area (Å²) in [6.45, 7) is 2.09. The fourth-order valence-electron chi connectivity index (χ4n) is 1.26. The van der Waals surface area contributed by atoms with Crippen LogP contribution in [0.5, 0.6) is 0 Å². The standard InChI is InChI=1S/C11H13NOS/c1-3-6-9(12-11(13)4-2)10-7-5-8-14-10/h2,5,7-9H,3,6H2,1H3,(H,12,13). The molecule has 74 valence electrons. The Balaban J connectivity index is 2.66. The lowest BCUT2D eigenvalue weighted by molar-refractivity contribution is -0.116. The van der Waals surface area contributed by atoms with Crippen LogP contribution in [0.3, 0.4) is 0 Å². The molecule has 1 atom stereocenters. The molecule has 0 saturated heterocycles. The van der Waals surface area contributed by atoms with Gasteiger partial charge in [-0.3, -0.25) is 4.79 Å². The van der Waals surface area contributed by atoms with Crippen LogP contribution in [-0.2, 0) is 4.79 Å². The molecule has 0 radical (unpaired) electrons. The van der Waals surface area contributed by atoms with Gasteiger partial charge in [0.05, 0.1) is 6.04 Å². The molecule has 1 aromatic heterocycles. The average molecular weight is 207 g/mol. The molecule has 1 aromatic rings. The second-order valence-electron chi connectivity index (χ2n) is 2.97. The highest BCUT2D eigenvalue weighted by atomic mass is 32.1. The highest BCUT2D eigenvalue weighted by Gasteiger charge is 2.12. The van der Waals surface area contributed by atoms with E-state index in [0.29, 0.717) is 0 Å². The van der Waals surface area contributed by atoms with Crippen molar-refractivity contribution in [2.75, 3.05) is 0 Å². The number of rotatable bonds is 4. The molecule has 1 rings (SSSR count). The zero-order chi connectivity index (χ0) is 10.4. The van der Waals surface area contributed by atoms with Crippen molar-refractivity contribution >= 4 is 17.2 Å². The molecular weight excluding hydrogens is 194 g/mol. The molecule has 0 fully saturated rings. The van der Waals surface area contributed by atoms with Crippen LogP contribution in [0.2, 0.25) is 0 Å². The van der Waals surface area contributed by atoms with Gasteiger partial charge in [0.2, 0.25) is 0 Å². The summed E-state index contributed by atoms with van der Waals surface area (Å²) >= 11 is 1.64. The molecule has 3 heteroatoms. The first-order valence-corrected chi connectivity index (χ1v) is 5.46. The minimum absolute atomic E-state index is 0.0727. The lowest BCUT2D eigenvalue weighted by atomic mass is 10.1. The molecule has 0 aliphatic heterocycles. The lowest BCUT2D eigenvalue weighted by Gasteiger charge is -2.14. The number of hydrogen-bond donors (Lipinski definition) is 1. The van der Waals surface area contributed by atoms with Gasteiger partial charge in [-0.1, -0.05) is 19.4 Å². The number of carbonyl (C=O) groups is 1. The van der Waals surface area contributed by atoms with E-state index in [9.17, 15) is 4.79 Å². The van der Waals surface area contributed by atoms with E-state index in [1.807, 2.05) is 17.5 Å². The maximum absolute atomic E-state index is 11.0. The molecule has 1 unspecified atom stereocenters. The maximum atomic E-state index is 11.0. The molecule has 0 aliphatic carbocycles. The Hall–Kier alpha value is -1.27. The first-order valence-electron chi connectivity index (χ1n) is 4.58. The van der Waals surface area contributed by atoms with Crippen molar-refractivity contribution in [1.29, 1.82) is 0 Å². The summed E-state index contributed by atoms with van der Waals surface area (Å²) in [4.78, 5) is 12.2. The van der Waals surface area contributed by atoms with Crippen LogP contribution >= 0.6 is 11.3 Å². The Labute approximate surface area is 88.3 Å². The van der Waals surface area contributed by atoms with E-state index in [4.69, 9.17) is 6.42 Å². The van der Waals surface area contributed by atoms with Crippen LogP contribution in [0.4, 0.5) is 0 Å². The molecule has 1 amide bonds. The number of amides is 1. The summed E-state index contributed by atoms with van der Waals surface area (Å²) in [7, 11) is 0. The van der Waals surface area contributed by atoms with E-state index >= 15 is 0 Å². The Kier molecular flexibility index (Phi) is 4.21. The van der Waals surface area contributed by atoms with E-state index < -0.39 is 0 Å². The van der Waals surface area contributed by atoms with E-state index in [2.05, 4.69) is 18.2 Å². The van der Waals surface area contributed by atoms with Crippen molar-refractivity contribution in [3.05, 3.63) is 22.4 Å². The van der Waals surface area contributed by atoms with Gasteiger partial charge in [0.1, 0.15) is 0 Å². The molecule has 14 heavy (non-hydrogen) atoms. The monoisotopic (exact) mass is 207 g/mol. The highest BCUT2D eigenvalue weighted by Crippen LogP contribution is 2.22. The molecular formula is C11H13NOS. The third-order valence-electron chi connectivity index (χ3n) is 1.90. The number of terminal acetylenes is 1.